The number of hydrogen-bond acceptors (Lipinski definition) is 5. The summed E-state index contributed by atoms with van der Waals surface area (Å²) in [7, 11) is 1.48. The van der Waals surface area contributed by atoms with Crippen LogP contribution in [-0.4, -0.2) is 52.3 Å². The van der Waals surface area contributed by atoms with Crippen LogP contribution < -0.4 is 10.6 Å². The van der Waals surface area contributed by atoms with Crippen LogP contribution in [0.1, 0.15) is 40.8 Å². The Balaban J connectivity index is 2.12. The molecule has 1 aromatic heterocycles. The van der Waals surface area contributed by atoms with Gasteiger partial charge in [-0.2, -0.15) is 4.98 Å². The van der Waals surface area contributed by atoms with Gasteiger partial charge in [-0.15, -0.1) is 0 Å². The number of thiol groups is 1. The lowest BCUT2D eigenvalue weighted by Gasteiger charge is -2.31. The molecule has 138 valence electrons. The predicted octanol–water partition coefficient (Wildman–Crippen LogP) is 2.39. The van der Waals surface area contributed by atoms with Gasteiger partial charge in [0.05, 0.1) is 12.0 Å². The van der Waals surface area contributed by atoms with Crippen molar-refractivity contribution in [1.29, 1.82) is 0 Å². The Labute approximate surface area is 147 Å². The number of anilines is 1. The third-order valence-corrected chi connectivity index (χ3v) is 6.66. The summed E-state index contributed by atoms with van der Waals surface area (Å²) >= 11 is 0. The molecule has 2 heterocycles. The molecule has 3 atom stereocenters. The summed E-state index contributed by atoms with van der Waals surface area (Å²) < 4.78 is 12.8. The Bertz CT molecular complexity index is 583. The minimum absolute atomic E-state index is 0.194. The van der Waals surface area contributed by atoms with Crippen LogP contribution >= 0.6 is 10.9 Å². The second-order valence-electron chi connectivity index (χ2n) is 6.90. The zero-order chi connectivity index (χ0) is 17.9. The van der Waals surface area contributed by atoms with Gasteiger partial charge in [0.2, 0.25) is 0 Å². The third kappa shape index (κ3) is 4.52. The lowest BCUT2D eigenvalue weighted by molar-refractivity contribution is 0.0637. The van der Waals surface area contributed by atoms with Gasteiger partial charge in [-0.3, -0.25) is 4.57 Å². The highest BCUT2D eigenvalue weighted by molar-refractivity contribution is 8.17. The van der Waals surface area contributed by atoms with E-state index in [1.54, 1.807) is 11.7 Å². The zero-order valence-electron chi connectivity index (χ0n) is 15.6. The number of ether oxygens (including phenoxy) is 2. The first kappa shape index (κ1) is 19.3. The van der Waals surface area contributed by atoms with Crippen molar-refractivity contribution in [3.05, 3.63) is 22.7 Å². The minimum atomic E-state index is -0.251. The normalized spacial score (nSPS) is 23.8. The smallest absolute Gasteiger partial charge is 0.351 e. The fraction of sp³-hybridized carbons (Fsp3) is 0.765. The molecule has 1 aliphatic rings. The summed E-state index contributed by atoms with van der Waals surface area (Å²) in [6.07, 6.45) is 1.87. The average Bonchev–Trinajstić information content (AvgIpc) is 2.94. The van der Waals surface area contributed by atoms with Crippen LogP contribution in [0.5, 0.6) is 0 Å². The van der Waals surface area contributed by atoms with E-state index in [0.29, 0.717) is 12.1 Å². The van der Waals surface area contributed by atoms with Crippen molar-refractivity contribution in [2.75, 3.05) is 29.5 Å². The maximum absolute atomic E-state index is 12.5. The fourth-order valence-electron chi connectivity index (χ4n) is 3.14. The van der Waals surface area contributed by atoms with E-state index in [4.69, 9.17) is 9.47 Å². The van der Waals surface area contributed by atoms with Crippen molar-refractivity contribution in [2.45, 2.75) is 59.0 Å². The molecule has 24 heavy (non-hydrogen) atoms. The van der Waals surface area contributed by atoms with Crippen LogP contribution in [0.3, 0.4) is 0 Å². The molecule has 0 aromatic carbocycles. The van der Waals surface area contributed by atoms with Crippen molar-refractivity contribution >= 4 is 16.7 Å². The Morgan fingerprint density at radius 1 is 1.38 bits per heavy atom. The predicted molar refractivity (Wildman–Crippen MR) is 101 cm³/mol. The van der Waals surface area contributed by atoms with Gasteiger partial charge in [0.15, 0.2) is 0 Å². The summed E-state index contributed by atoms with van der Waals surface area (Å²) in [5, 5.41) is 0. The van der Waals surface area contributed by atoms with Crippen molar-refractivity contribution in [3.8, 4) is 0 Å². The van der Waals surface area contributed by atoms with Gasteiger partial charge in [0.1, 0.15) is 12.0 Å². The lowest BCUT2D eigenvalue weighted by atomic mass is 10.2. The van der Waals surface area contributed by atoms with Gasteiger partial charge in [-0.25, -0.2) is 15.7 Å². The van der Waals surface area contributed by atoms with Crippen LogP contribution in [0.15, 0.2) is 17.1 Å². The molecule has 0 amide bonds. The molecule has 2 unspecified atom stereocenters. The molecule has 1 aliphatic heterocycles. The number of methoxy groups -OCH3 is 1. The molecule has 0 aliphatic carbocycles. The van der Waals surface area contributed by atoms with Crippen molar-refractivity contribution in [3.63, 3.8) is 0 Å². The van der Waals surface area contributed by atoms with Crippen LogP contribution in [0.25, 0.3) is 0 Å². The fourth-order valence-corrected chi connectivity index (χ4v) is 5.49. The maximum atomic E-state index is 12.5. The van der Waals surface area contributed by atoms with E-state index in [1.807, 2.05) is 12.3 Å². The van der Waals surface area contributed by atoms with Crippen LogP contribution in [0, 0.1) is 0 Å². The van der Waals surface area contributed by atoms with Crippen molar-refractivity contribution in [1.82, 2.24) is 9.55 Å². The molecule has 7 heteroatoms. The Kier molecular flexibility index (Phi) is 6.71. The summed E-state index contributed by atoms with van der Waals surface area (Å²) in [5.74, 6) is 3.36. The van der Waals surface area contributed by atoms with Crippen LogP contribution in [0.2, 0.25) is 0 Å². The summed E-state index contributed by atoms with van der Waals surface area (Å²) in [5.41, 5.74) is -0.236. The molecular weight excluding hydrogens is 326 g/mol. The first-order valence-corrected chi connectivity index (χ1v) is 10.5. The summed E-state index contributed by atoms with van der Waals surface area (Å²) in [6.45, 7) is 10.5. The largest absolute Gasteiger partial charge is 0.381 e. The number of hydrogen-bond donors (Lipinski definition) is 1. The molecule has 0 bridgehead atoms. The maximum Gasteiger partial charge on any atom is 0.351 e. The number of aromatic nitrogens is 2. The monoisotopic (exact) mass is 357 g/mol. The van der Waals surface area contributed by atoms with Gasteiger partial charge in [0.25, 0.3) is 0 Å². The Morgan fingerprint density at radius 2 is 2.04 bits per heavy atom. The van der Waals surface area contributed by atoms with Gasteiger partial charge >= 0.3 is 5.69 Å². The van der Waals surface area contributed by atoms with Gasteiger partial charge in [-0.05, 0) is 40.7 Å². The highest BCUT2D eigenvalue weighted by Crippen LogP contribution is 2.38. The standard InChI is InChI=1S/C17H31N3O3S/c1-12(2)20(13(3)4)15-7-8-19(17(21)18-15)16-10-24(11-23-16)9-14(5)22-6/h7-8,12-14,16,24H,9-11H2,1-6H3/t14?,16-/m0/s1. The van der Waals surface area contributed by atoms with Crippen LogP contribution in [0.4, 0.5) is 5.82 Å². The first-order valence-electron chi connectivity index (χ1n) is 8.57. The van der Waals surface area contributed by atoms with E-state index in [0.717, 1.165) is 23.3 Å². The van der Waals surface area contributed by atoms with E-state index < -0.39 is 0 Å². The second kappa shape index (κ2) is 8.36. The molecule has 6 nitrogen and oxygen atoms in total. The third-order valence-electron chi connectivity index (χ3n) is 4.28. The molecule has 0 N–H and O–H groups in total. The lowest BCUT2D eigenvalue weighted by Crippen LogP contribution is -2.39. The molecule has 1 saturated heterocycles. The molecule has 0 saturated carbocycles. The molecule has 0 radical (unpaired) electrons. The van der Waals surface area contributed by atoms with E-state index in [2.05, 4.69) is 44.5 Å². The van der Waals surface area contributed by atoms with E-state index in [1.165, 1.54) is 0 Å². The van der Waals surface area contributed by atoms with Gasteiger partial charge in [-0.1, -0.05) is 0 Å². The quantitative estimate of drug-likeness (QED) is 0.760. The molecule has 2 rings (SSSR count). The SMILES string of the molecule is COC(C)C[SH]1CO[C@H](n2ccc(N(C(C)C)C(C)C)nc2=O)C1. The van der Waals surface area contributed by atoms with Gasteiger partial charge < -0.3 is 14.4 Å². The molecule has 1 aromatic rings. The second-order valence-corrected chi connectivity index (χ2v) is 9.23. The summed E-state index contributed by atoms with van der Waals surface area (Å²) in [4.78, 5) is 18.9. The van der Waals surface area contributed by atoms with E-state index in [9.17, 15) is 4.79 Å². The number of rotatable bonds is 7. The van der Waals surface area contributed by atoms with Gasteiger partial charge in [0, 0.05) is 36.9 Å². The molecule has 1 fully saturated rings. The van der Waals surface area contributed by atoms with E-state index >= 15 is 0 Å². The minimum Gasteiger partial charge on any atom is -0.381 e. The number of nitrogens with zero attached hydrogens (tertiary/aromatic N) is 3. The van der Waals surface area contributed by atoms with Crippen molar-refractivity contribution < 1.29 is 9.47 Å². The zero-order valence-corrected chi connectivity index (χ0v) is 16.5. The van der Waals surface area contributed by atoms with E-state index in [-0.39, 0.29) is 28.9 Å². The molecular formula is C17H31N3O3S. The molecule has 0 spiro atoms. The first-order chi connectivity index (χ1) is 11.3. The average molecular weight is 358 g/mol. The van der Waals surface area contributed by atoms with Crippen molar-refractivity contribution in [2.24, 2.45) is 0 Å². The Morgan fingerprint density at radius 3 is 2.58 bits per heavy atom. The highest BCUT2D eigenvalue weighted by Gasteiger charge is 2.27. The van der Waals surface area contributed by atoms with Crippen LogP contribution in [-0.2, 0) is 9.47 Å². The Hall–Kier alpha value is -1.05. The topological polar surface area (TPSA) is 56.6 Å². The summed E-state index contributed by atoms with van der Waals surface area (Å²) in [6, 6.07) is 2.50. The highest BCUT2D eigenvalue weighted by atomic mass is 32.2.